The molecule has 8 nitrogen and oxygen atoms in total. The maximum absolute atomic E-state index is 11.9. The van der Waals surface area contributed by atoms with Crippen molar-refractivity contribution >= 4 is 29.2 Å². The molecular formula is C19H12Cl2N6O2. The monoisotopic (exact) mass is 426 g/mol. The Balaban J connectivity index is 1.94. The minimum Gasteiger partial charge on any atom is -0.476 e. The molecule has 144 valence electrons. The van der Waals surface area contributed by atoms with E-state index in [9.17, 15) is 9.90 Å². The molecule has 29 heavy (non-hydrogen) atoms. The maximum Gasteiger partial charge on any atom is 0.356 e. The highest BCUT2D eigenvalue weighted by molar-refractivity contribution is 6.31. The molecule has 0 saturated carbocycles. The number of hydrogen-bond donors (Lipinski definition) is 1. The third-order valence-electron chi connectivity index (χ3n) is 4.09. The number of halogens is 2. The van der Waals surface area contributed by atoms with Gasteiger partial charge in [-0.25, -0.2) is 14.8 Å². The van der Waals surface area contributed by atoms with Crippen LogP contribution in [0.5, 0.6) is 0 Å². The molecule has 0 saturated heterocycles. The zero-order valence-corrected chi connectivity index (χ0v) is 16.2. The quantitative estimate of drug-likeness (QED) is 0.516. The number of aromatic nitrogens is 6. The van der Waals surface area contributed by atoms with Crippen molar-refractivity contribution in [2.45, 2.75) is 6.54 Å². The van der Waals surface area contributed by atoms with Gasteiger partial charge >= 0.3 is 5.97 Å². The smallest absolute Gasteiger partial charge is 0.356 e. The Hall–Kier alpha value is -3.36. The lowest BCUT2D eigenvalue weighted by Crippen LogP contribution is -2.15. The van der Waals surface area contributed by atoms with E-state index >= 15 is 0 Å². The predicted molar refractivity (Wildman–Crippen MR) is 107 cm³/mol. The van der Waals surface area contributed by atoms with Gasteiger partial charge in [0.2, 0.25) is 0 Å². The molecule has 2 aromatic carbocycles. The zero-order chi connectivity index (χ0) is 20.4. The number of aromatic carboxylic acids is 1. The van der Waals surface area contributed by atoms with Gasteiger partial charge in [0, 0.05) is 21.2 Å². The molecule has 2 aromatic heterocycles. The second-order valence-corrected chi connectivity index (χ2v) is 6.87. The Labute approximate surface area is 174 Å². The number of carboxylic acid groups (broad SMARTS) is 1. The summed E-state index contributed by atoms with van der Waals surface area (Å²) in [6.07, 6.45) is 1.26. The summed E-state index contributed by atoms with van der Waals surface area (Å²) in [5, 5.41) is 22.2. The number of hydrogen-bond acceptors (Lipinski definition) is 6. The van der Waals surface area contributed by atoms with Gasteiger partial charge in [-0.3, -0.25) is 0 Å². The standard InChI is InChI=1S/C19H12Cl2N6O2/c20-13-5-1-11(2-6-13)16-17(12-3-7-14(21)8-4-12)25-18(19(28)29)15(24-16)9-27-23-10-22-26-27/h1-8,10H,9H2,(H,28,29). The molecule has 0 aliphatic heterocycles. The first kappa shape index (κ1) is 19.0. The van der Waals surface area contributed by atoms with E-state index in [2.05, 4.69) is 25.4 Å². The summed E-state index contributed by atoms with van der Waals surface area (Å²) in [6, 6.07) is 14.0. The van der Waals surface area contributed by atoms with Crippen LogP contribution < -0.4 is 0 Å². The second kappa shape index (κ2) is 7.94. The van der Waals surface area contributed by atoms with Gasteiger partial charge in [0.05, 0.1) is 17.1 Å². The summed E-state index contributed by atoms with van der Waals surface area (Å²) in [5.41, 5.74) is 2.35. The highest BCUT2D eigenvalue weighted by Gasteiger charge is 2.21. The van der Waals surface area contributed by atoms with Crippen molar-refractivity contribution < 1.29 is 9.90 Å². The highest BCUT2D eigenvalue weighted by Crippen LogP contribution is 2.31. The van der Waals surface area contributed by atoms with Crippen LogP contribution in [-0.4, -0.2) is 41.3 Å². The molecule has 0 fully saturated rings. The fourth-order valence-electron chi connectivity index (χ4n) is 2.76. The number of nitrogens with zero attached hydrogens (tertiary/aromatic N) is 6. The van der Waals surface area contributed by atoms with Crippen molar-refractivity contribution in [2.24, 2.45) is 0 Å². The van der Waals surface area contributed by atoms with E-state index in [-0.39, 0.29) is 17.9 Å². The minimum absolute atomic E-state index is 0.0100. The topological polar surface area (TPSA) is 107 Å². The van der Waals surface area contributed by atoms with Crippen LogP contribution in [0.15, 0.2) is 54.9 Å². The van der Waals surface area contributed by atoms with Crippen molar-refractivity contribution in [1.29, 1.82) is 0 Å². The second-order valence-electron chi connectivity index (χ2n) is 6.00. The van der Waals surface area contributed by atoms with Gasteiger partial charge in [-0.2, -0.15) is 4.80 Å². The van der Waals surface area contributed by atoms with Gasteiger partial charge in [0.1, 0.15) is 6.54 Å². The minimum atomic E-state index is -1.20. The maximum atomic E-state index is 11.9. The van der Waals surface area contributed by atoms with E-state index in [0.717, 1.165) is 5.56 Å². The first-order valence-corrected chi connectivity index (χ1v) is 9.13. The normalized spacial score (nSPS) is 10.8. The van der Waals surface area contributed by atoms with E-state index in [4.69, 9.17) is 23.2 Å². The van der Waals surface area contributed by atoms with Crippen molar-refractivity contribution in [3.8, 4) is 22.5 Å². The van der Waals surface area contributed by atoms with Crippen LogP contribution in [0.1, 0.15) is 16.2 Å². The van der Waals surface area contributed by atoms with Crippen LogP contribution in [0.4, 0.5) is 0 Å². The van der Waals surface area contributed by atoms with Crippen molar-refractivity contribution in [1.82, 2.24) is 30.2 Å². The molecule has 0 amide bonds. The van der Waals surface area contributed by atoms with E-state index in [1.165, 1.54) is 11.1 Å². The molecule has 0 unspecified atom stereocenters. The summed E-state index contributed by atoms with van der Waals surface area (Å²) < 4.78 is 0. The first-order valence-electron chi connectivity index (χ1n) is 8.38. The molecule has 0 spiro atoms. The van der Waals surface area contributed by atoms with Crippen LogP contribution in [0.25, 0.3) is 22.5 Å². The number of tetrazole rings is 1. The first-order chi connectivity index (χ1) is 14.0. The lowest BCUT2D eigenvalue weighted by atomic mass is 10.0. The molecule has 0 bridgehead atoms. The van der Waals surface area contributed by atoms with Gasteiger partial charge < -0.3 is 5.11 Å². The summed E-state index contributed by atoms with van der Waals surface area (Å²) >= 11 is 12.0. The van der Waals surface area contributed by atoms with Gasteiger partial charge in [-0.1, -0.05) is 47.5 Å². The number of carboxylic acids is 1. The molecule has 10 heteroatoms. The molecule has 0 atom stereocenters. The fourth-order valence-corrected chi connectivity index (χ4v) is 3.02. The summed E-state index contributed by atoms with van der Waals surface area (Å²) in [5.74, 6) is -1.20. The molecule has 1 N–H and O–H groups in total. The largest absolute Gasteiger partial charge is 0.476 e. The van der Waals surface area contributed by atoms with Gasteiger partial charge in [-0.15, -0.1) is 10.2 Å². The molecular weight excluding hydrogens is 415 g/mol. The Bertz CT molecular complexity index is 1160. The Morgan fingerprint density at radius 3 is 1.93 bits per heavy atom. The number of carbonyl (C=O) groups is 1. The van der Waals surface area contributed by atoms with E-state index in [1.807, 2.05) is 0 Å². The SMILES string of the molecule is O=C(O)c1nc(-c2ccc(Cl)cc2)c(-c2ccc(Cl)cc2)nc1Cn1ncnn1. The molecule has 4 aromatic rings. The third kappa shape index (κ3) is 4.08. The van der Waals surface area contributed by atoms with Crippen LogP contribution in [0.2, 0.25) is 10.0 Å². The zero-order valence-electron chi connectivity index (χ0n) is 14.7. The van der Waals surface area contributed by atoms with Crippen molar-refractivity contribution in [3.63, 3.8) is 0 Å². The van der Waals surface area contributed by atoms with Gasteiger partial charge in [-0.05, 0) is 29.5 Å². The summed E-state index contributed by atoms with van der Waals surface area (Å²) in [6.45, 7) is 0.0100. The molecule has 0 aliphatic rings. The lowest BCUT2D eigenvalue weighted by Gasteiger charge is -2.13. The fraction of sp³-hybridized carbons (Fsp3) is 0.0526. The van der Waals surface area contributed by atoms with E-state index in [1.54, 1.807) is 48.5 Å². The average Bonchev–Trinajstić information content (AvgIpc) is 3.22. The molecule has 2 heterocycles. The highest BCUT2D eigenvalue weighted by atomic mass is 35.5. The van der Waals surface area contributed by atoms with Gasteiger partial charge in [0.25, 0.3) is 0 Å². The Morgan fingerprint density at radius 1 is 0.897 bits per heavy atom. The third-order valence-corrected chi connectivity index (χ3v) is 4.59. The van der Waals surface area contributed by atoms with Crippen LogP contribution >= 0.6 is 23.2 Å². The summed E-state index contributed by atoms with van der Waals surface area (Å²) in [7, 11) is 0. The molecule has 0 aliphatic carbocycles. The Morgan fingerprint density at radius 2 is 1.45 bits per heavy atom. The molecule has 0 radical (unpaired) electrons. The molecule has 4 rings (SSSR count). The predicted octanol–water partition coefficient (Wildman–Crippen LogP) is 3.85. The lowest BCUT2D eigenvalue weighted by molar-refractivity contribution is 0.0688. The Kier molecular flexibility index (Phi) is 5.20. The average molecular weight is 427 g/mol. The van der Waals surface area contributed by atoms with Crippen molar-refractivity contribution in [2.75, 3.05) is 0 Å². The van der Waals surface area contributed by atoms with Crippen LogP contribution in [0.3, 0.4) is 0 Å². The van der Waals surface area contributed by atoms with Crippen molar-refractivity contribution in [3.05, 3.63) is 76.3 Å². The van der Waals surface area contributed by atoms with E-state index in [0.29, 0.717) is 27.0 Å². The van der Waals surface area contributed by atoms with E-state index < -0.39 is 5.97 Å². The van der Waals surface area contributed by atoms with Crippen LogP contribution in [-0.2, 0) is 6.54 Å². The van der Waals surface area contributed by atoms with Crippen LogP contribution in [0, 0.1) is 0 Å². The van der Waals surface area contributed by atoms with Gasteiger partial charge in [0.15, 0.2) is 12.0 Å². The summed E-state index contributed by atoms with van der Waals surface area (Å²) in [4.78, 5) is 22.2. The number of rotatable bonds is 5. The number of benzene rings is 2.